The second-order valence-corrected chi connectivity index (χ2v) is 10.8. The van der Waals surface area contributed by atoms with Gasteiger partial charge in [-0.25, -0.2) is 17.5 Å². The van der Waals surface area contributed by atoms with Gasteiger partial charge in [-0.3, -0.25) is 4.79 Å². The number of hydrogen-bond acceptors (Lipinski definition) is 5. The first-order valence-electron chi connectivity index (χ1n) is 10.7. The molecule has 0 saturated carbocycles. The number of aromatic nitrogens is 2. The fraction of sp³-hybridized carbons (Fsp3) is 0.304. The van der Waals surface area contributed by atoms with E-state index in [-0.39, 0.29) is 40.0 Å². The van der Waals surface area contributed by atoms with Gasteiger partial charge in [-0.2, -0.15) is 18.3 Å². The van der Waals surface area contributed by atoms with Crippen LogP contribution in [0.25, 0.3) is 5.69 Å². The average Bonchev–Trinajstić information content (AvgIpc) is 3.39. The molecule has 4 rings (SSSR count). The quantitative estimate of drug-likeness (QED) is 0.410. The zero-order valence-corrected chi connectivity index (χ0v) is 20.6. The Labute approximate surface area is 209 Å². The number of sulfone groups is 1. The number of alkyl halides is 3. The molecule has 2 heterocycles. The van der Waals surface area contributed by atoms with Gasteiger partial charge in [0, 0.05) is 18.3 Å². The van der Waals surface area contributed by atoms with Crippen molar-refractivity contribution in [2.75, 3.05) is 5.75 Å². The van der Waals surface area contributed by atoms with E-state index in [2.05, 4.69) is 5.10 Å². The van der Waals surface area contributed by atoms with Crippen LogP contribution in [0, 0.1) is 5.82 Å². The topological polar surface area (TPSA) is 81.5 Å². The van der Waals surface area contributed by atoms with Gasteiger partial charge in [-0.15, -0.1) is 0 Å². The van der Waals surface area contributed by atoms with Gasteiger partial charge in [0.15, 0.2) is 21.8 Å². The number of nitrogens with zero attached hydrogens (tertiary/aromatic N) is 3. The molecule has 1 atom stereocenters. The Morgan fingerprint density at radius 1 is 1.22 bits per heavy atom. The summed E-state index contributed by atoms with van der Waals surface area (Å²) in [6.45, 7) is 2.19. The van der Waals surface area contributed by atoms with E-state index >= 15 is 0 Å². The normalized spacial score (nSPS) is 14.6. The molecule has 1 unspecified atom stereocenters. The van der Waals surface area contributed by atoms with Crippen molar-refractivity contribution in [2.45, 2.75) is 44.1 Å². The largest absolute Gasteiger partial charge is 0.480 e. The fourth-order valence-electron chi connectivity index (χ4n) is 3.66. The monoisotopic (exact) mass is 545 g/mol. The number of amides is 1. The third kappa shape index (κ3) is 4.92. The fourth-order valence-corrected chi connectivity index (χ4v) is 4.73. The number of carbonyl (C=O) groups excluding carboxylic acids is 1. The van der Waals surface area contributed by atoms with E-state index in [9.17, 15) is 30.8 Å². The number of fused-ring (bicyclic) bond motifs is 1. The Kier molecular flexibility index (Phi) is 6.78. The molecule has 36 heavy (non-hydrogen) atoms. The number of ether oxygens (including phenoxy) is 1. The summed E-state index contributed by atoms with van der Waals surface area (Å²) in [5, 5.41) is 4.23. The second-order valence-electron chi connectivity index (χ2n) is 8.14. The maximum absolute atomic E-state index is 14.4. The Balaban J connectivity index is 1.65. The molecule has 2 aromatic carbocycles. The summed E-state index contributed by atoms with van der Waals surface area (Å²) in [4.78, 5) is 14.4. The molecular formula is C23H20ClF4N3O4S. The highest BCUT2D eigenvalue weighted by Gasteiger charge is 2.39. The molecule has 1 amide bonds. The van der Waals surface area contributed by atoms with Crippen molar-refractivity contribution >= 4 is 27.3 Å². The maximum Gasteiger partial charge on any atom is 0.425 e. The molecule has 13 heteroatoms. The van der Waals surface area contributed by atoms with Crippen LogP contribution in [0.3, 0.4) is 0 Å². The molecule has 0 aliphatic carbocycles. The summed E-state index contributed by atoms with van der Waals surface area (Å²) in [5.41, 5.74) is 0.834. The molecule has 0 saturated heterocycles. The van der Waals surface area contributed by atoms with Crippen LogP contribution in [-0.4, -0.2) is 47.0 Å². The predicted molar refractivity (Wildman–Crippen MR) is 122 cm³/mol. The van der Waals surface area contributed by atoms with E-state index in [4.69, 9.17) is 16.3 Å². The highest BCUT2D eigenvalue weighted by Crippen LogP contribution is 2.33. The lowest BCUT2D eigenvalue weighted by Crippen LogP contribution is -2.33. The lowest BCUT2D eigenvalue weighted by molar-refractivity contribution is -0.189. The van der Waals surface area contributed by atoms with Crippen LogP contribution in [0.1, 0.15) is 35.5 Å². The summed E-state index contributed by atoms with van der Waals surface area (Å²) in [6.07, 6.45) is -5.40. The van der Waals surface area contributed by atoms with E-state index < -0.39 is 39.6 Å². The summed E-state index contributed by atoms with van der Waals surface area (Å²) in [7, 11) is -3.75. The molecule has 1 aliphatic heterocycles. The van der Waals surface area contributed by atoms with Gasteiger partial charge in [-0.1, -0.05) is 24.6 Å². The predicted octanol–water partition coefficient (Wildman–Crippen LogP) is 4.94. The second kappa shape index (κ2) is 9.40. The minimum atomic E-state index is -4.70. The van der Waals surface area contributed by atoms with E-state index in [0.717, 1.165) is 25.1 Å². The first-order chi connectivity index (χ1) is 16.8. The molecule has 0 bridgehead atoms. The van der Waals surface area contributed by atoms with Crippen molar-refractivity contribution in [1.82, 2.24) is 14.7 Å². The van der Waals surface area contributed by atoms with Crippen molar-refractivity contribution in [3.05, 3.63) is 70.3 Å². The van der Waals surface area contributed by atoms with E-state index in [0.29, 0.717) is 11.3 Å². The Bertz CT molecular complexity index is 1420. The third-order valence-electron chi connectivity index (χ3n) is 5.73. The minimum Gasteiger partial charge on any atom is -0.480 e. The maximum atomic E-state index is 14.4. The van der Waals surface area contributed by atoms with E-state index in [1.54, 1.807) is 6.07 Å². The molecule has 0 radical (unpaired) electrons. The van der Waals surface area contributed by atoms with Gasteiger partial charge >= 0.3 is 6.18 Å². The zero-order chi connectivity index (χ0) is 26.4. The Hall–Kier alpha value is -3.12. The first kappa shape index (κ1) is 26.0. The molecule has 0 spiro atoms. The van der Waals surface area contributed by atoms with Gasteiger partial charge in [0.05, 0.1) is 33.5 Å². The van der Waals surface area contributed by atoms with Gasteiger partial charge in [0.2, 0.25) is 0 Å². The lowest BCUT2D eigenvalue weighted by atomic mass is 10.1. The number of benzene rings is 2. The molecule has 1 aliphatic rings. The van der Waals surface area contributed by atoms with Crippen LogP contribution in [0.15, 0.2) is 47.5 Å². The van der Waals surface area contributed by atoms with Crippen molar-refractivity contribution in [3.8, 4) is 11.4 Å². The number of carbonyl (C=O) groups is 1. The van der Waals surface area contributed by atoms with E-state index in [1.807, 2.05) is 0 Å². The summed E-state index contributed by atoms with van der Waals surface area (Å²) in [5.74, 6) is -2.05. The van der Waals surface area contributed by atoms with Gasteiger partial charge in [0.1, 0.15) is 11.4 Å². The number of hydrogen-bond donors (Lipinski definition) is 0. The number of halogens is 5. The van der Waals surface area contributed by atoms with Crippen molar-refractivity contribution in [1.29, 1.82) is 0 Å². The molecule has 3 aromatic rings. The Morgan fingerprint density at radius 3 is 2.58 bits per heavy atom. The lowest BCUT2D eigenvalue weighted by Gasteiger charge is -2.22. The number of rotatable bonds is 6. The minimum absolute atomic E-state index is 0.0232. The van der Waals surface area contributed by atoms with Crippen LogP contribution < -0.4 is 4.74 Å². The highest BCUT2D eigenvalue weighted by atomic mass is 35.5. The van der Waals surface area contributed by atoms with E-state index in [1.165, 1.54) is 34.8 Å². The summed E-state index contributed by atoms with van der Waals surface area (Å²) >= 11 is 5.83. The standard InChI is InChI=1S/C23H20ClF4N3O4S/c1-3-36(33,34)15-7-8-20(35-13(2)23(26,27)28)16(9-15)22(32)30-10-14-11-31(29-18(14)12-30)19-6-4-5-17(24)21(19)25/h4-9,11,13H,3,10,12H2,1-2H3. The van der Waals surface area contributed by atoms with Crippen LogP contribution in [-0.2, 0) is 22.9 Å². The van der Waals surface area contributed by atoms with Crippen LogP contribution in [0.5, 0.6) is 5.75 Å². The summed E-state index contributed by atoms with van der Waals surface area (Å²) in [6, 6.07) is 7.62. The first-order valence-corrected chi connectivity index (χ1v) is 12.8. The van der Waals surface area contributed by atoms with Gasteiger partial charge in [-0.05, 0) is 37.3 Å². The highest BCUT2D eigenvalue weighted by molar-refractivity contribution is 7.91. The molecule has 192 valence electrons. The average molecular weight is 546 g/mol. The van der Waals surface area contributed by atoms with Crippen LogP contribution >= 0.6 is 11.6 Å². The summed E-state index contributed by atoms with van der Waals surface area (Å²) < 4.78 is 84.7. The van der Waals surface area contributed by atoms with Crippen LogP contribution in [0.4, 0.5) is 17.6 Å². The molecule has 0 fully saturated rings. The Morgan fingerprint density at radius 2 is 1.94 bits per heavy atom. The zero-order valence-electron chi connectivity index (χ0n) is 19.0. The third-order valence-corrected chi connectivity index (χ3v) is 7.75. The van der Waals surface area contributed by atoms with Crippen LogP contribution in [0.2, 0.25) is 5.02 Å². The van der Waals surface area contributed by atoms with Gasteiger partial charge in [0.25, 0.3) is 5.91 Å². The molecule has 0 N–H and O–H groups in total. The molecule has 1 aromatic heterocycles. The van der Waals surface area contributed by atoms with Crippen molar-refractivity contribution in [2.24, 2.45) is 0 Å². The smallest absolute Gasteiger partial charge is 0.425 e. The van der Waals surface area contributed by atoms with Crippen molar-refractivity contribution in [3.63, 3.8) is 0 Å². The molecule has 7 nitrogen and oxygen atoms in total. The SMILES string of the molecule is CCS(=O)(=O)c1ccc(OC(C)C(F)(F)F)c(C(=O)N2Cc3cn(-c4cccc(Cl)c4F)nc3C2)c1. The van der Waals surface area contributed by atoms with Gasteiger partial charge < -0.3 is 9.64 Å². The molecular weight excluding hydrogens is 526 g/mol. The van der Waals surface area contributed by atoms with Crippen molar-refractivity contribution < 1.29 is 35.5 Å².